The van der Waals surface area contributed by atoms with E-state index in [2.05, 4.69) is 38.0 Å². The number of nitrogens with zero attached hydrogens (tertiary/aromatic N) is 1. The zero-order valence-corrected chi connectivity index (χ0v) is 12.1. The lowest BCUT2D eigenvalue weighted by Crippen LogP contribution is -2.52. The van der Waals surface area contributed by atoms with Gasteiger partial charge in [0.2, 0.25) is 0 Å². The Morgan fingerprint density at radius 3 is 2.65 bits per heavy atom. The quantitative estimate of drug-likeness (QED) is 0.796. The highest BCUT2D eigenvalue weighted by Crippen LogP contribution is 2.40. The molecule has 0 amide bonds. The number of likely N-dealkylation sites (N-methyl/N-ethyl adjacent to an activating group) is 1. The first kappa shape index (κ1) is 13.4. The van der Waals surface area contributed by atoms with Gasteiger partial charge in [-0.05, 0) is 57.0 Å². The zero-order chi connectivity index (χ0) is 12.5. The van der Waals surface area contributed by atoms with Gasteiger partial charge in [-0.3, -0.25) is 4.90 Å². The predicted octanol–water partition coefficient (Wildman–Crippen LogP) is 2.89. The van der Waals surface area contributed by atoms with Gasteiger partial charge in [-0.2, -0.15) is 0 Å². The molecule has 3 unspecified atom stereocenters. The molecule has 17 heavy (non-hydrogen) atoms. The molecule has 2 aliphatic rings. The standard InChI is InChI=1S/C15H30N2/c1-12-10-15(2,3)8-7-14(12)17-9-5-6-13(11-17)16-4/h12-14,16H,5-11H2,1-4H3. The third kappa shape index (κ3) is 3.23. The van der Waals surface area contributed by atoms with Gasteiger partial charge < -0.3 is 5.32 Å². The average molecular weight is 238 g/mol. The van der Waals surface area contributed by atoms with Crippen molar-refractivity contribution < 1.29 is 0 Å². The summed E-state index contributed by atoms with van der Waals surface area (Å²) in [6.45, 7) is 9.94. The van der Waals surface area contributed by atoms with E-state index in [4.69, 9.17) is 0 Å². The van der Waals surface area contributed by atoms with E-state index in [-0.39, 0.29) is 0 Å². The van der Waals surface area contributed by atoms with Gasteiger partial charge >= 0.3 is 0 Å². The number of hydrogen-bond acceptors (Lipinski definition) is 2. The molecule has 100 valence electrons. The number of nitrogens with one attached hydrogen (secondary N) is 1. The summed E-state index contributed by atoms with van der Waals surface area (Å²) < 4.78 is 0. The van der Waals surface area contributed by atoms with Crippen molar-refractivity contribution in [3.63, 3.8) is 0 Å². The van der Waals surface area contributed by atoms with Gasteiger partial charge in [0.1, 0.15) is 0 Å². The highest BCUT2D eigenvalue weighted by atomic mass is 15.2. The van der Waals surface area contributed by atoms with E-state index in [9.17, 15) is 0 Å². The molecule has 0 spiro atoms. The summed E-state index contributed by atoms with van der Waals surface area (Å²) in [5.74, 6) is 0.870. The summed E-state index contributed by atoms with van der Waals surface area (Å²) in [6, 6.07) is 1.57. The van der Waals surface area contributed by atoms with Crippen molar-refractivity contribution in [3.05, 3.63) is 0 Å². The van der Waals surface area contributed by atoms with E-state index in [1.54, 1.807) is 0 Å². The van der Waals surface area contributed by atoms with E-state index in [1.165, 1.54) is 45.2 Å². The molecule has 1 aliphatic heterocycles. The Hall–Kier alpha value is -0.0800. The number of rotatable bonds is 2. The Balaban J connectivity index is 1.93. The van der Waals surface area contributed by atoms with Crippen molar-refractivity contribution in [1.82, 2.24) is 10.2 Å². The molecular formula is C15H30N2. The molecule has 1 N–H and O–H groups in total. The monoisotopic (exact) mass is 238 g/mol. The van der Waals surface area contributed by atoms with Crippen LogP contribution in [0, 0.1) is 11.3 Å². The minimum absolute atomic E-state index is 0.577. The third-order valence-electron chi connectivity index (χ3n) is 4.98. The summed E-state index contributed by atoms with van der Waals surface area (Å²) in [6.07, 6.45) is 6.95. The van der Waals surface area contributed by atoms with Crippen LogP contribution < -0.4 is 5.32 Å². The third-order valence-corrected chi connectivity index (χ3v) is 4.98. The van der Waals surface area contributed by atoms with Crippen LogP contribution in [0.15, 0.2) is 0 Å². The van der Waals surface area contributed by atoms with Crippen LogP contribution in [-0.4, -0.2) is 37.1 Å². The minimum Gasteiger partial charge on any atom is -0.316 e. The smallest absolute Gasteiger partial charge is 0.0192 e. The Kier molecular flexibility index (Phi) is 4.14. The molecule has 2 rings (SSSR count). The number of hydrogen-bond donors (Lipinski definition) is 1. The molecule has 0 aromatic heterocycles. The molecule has 1 saturated carbocycles. The minimum atomic E-state index is 0.577. The molecule has 1 heterocycles. The molecule has 1 aliphatic carbocycles. The maximum atomic E-state index is 3.46. The average Bonchev–Trinajstić information content (AvgIpc) is 2.28. The van der Waals surface area contributed by atoms with Gasteiger partial charge in [0.25, 0.3) is 0 Å². The van der Waals surface area contributed by atoms with E-state index in [1.807, 2.05) is 0 Å². The lowest BCUT2D eigenvalue weighted by atomic mass is 9.70. The largest absolute Gasteiger partial charge is 0.316 e. The second-order valence-electron chi connectivity index (χ2n) is 7.07. The van der Waals surface area contributed by atoms with Crippen LogP contribution in [0.25, 0.3) is 0 Å². The van der Waals surface area contributed by atoms with Crippen molar-refractivity contribution in [2.45, 2.75) is 65.0 Å². The summed E-state index contributed by atoms with van der Waals surface area (Å²) in [7, 11) is 2.11. The van der Waals surface area contributed by atoms with Crippen LogP contribution in [0.5, 0.6) is 0 Å². The number of likely N-dealkylation sites (tertiary alicyclic amines) is 1. The van der Waals surface area contributed by atoms with Gasteiger partial charge in [0.15, 0.2) is 0 Å². The highest BCUT2D eigenvalue weighted by molar-refractivity contribution is 4.91. The van der Waals surface area contributed by atoms with E-state index >= 15 is 0 Å². The molecule has 2 fully saturated rings. The fourth-order valence-corrected chi connectivity index (χ4v) is 4.02. The van der Waals surface area contributed by atoms with Crippen LogP contribution in [0.4, 0.5) is 0 Å². The van der Waals surface area contributed by atoms with Crippen molar-refractivity contribution in [2.75, 3.05) is 20.1 Å². The van der Waals surface area contributed by atoms with Gasteiger partial charge in [0, 0.05) is 18.6 Å². The zero-order valence-electron chi connectivity index (χ0n) is 12.1. The molecule has 0 aromatic rings. The molecule has 3 atom stereocenters. The topological polar surface area (TPSA) is 15.3 Å². The van der Waals surface area contributed by atoms with Crippen molar-refractivity contribution in [2.24, 2.45) is 11.3 Å². The Bertz CT molecular complexity index is 249. The first-order valence-electron chi connectivity index (χ1n) is 7.43. The summed E-state index contributed by atoms with van der Waals surface area (Å²) in [5.41, 5.74) is 0.577. The van der Waals surface area contributed by atoms with E-state index < -0.39 is 0 Å². The highest BCUT2D eigenvalue weighted by Gasteiger charge is 2.36. The van der Waals surface area contributed by atoms with Gasteiger partial charge in [0.05, 0.1) is 0 Å². The molecule has 0 bridgehead atoms. The van der Waals surface area contributed by atoms with Gasteiger partial charge in [-0.15, -0.1) is 0 Å². The fraction of sp³-hybridized carbons (Fsp3) is 1.00. The van der Waals surface area contributed by atoms with Gasteiger partial charge in [-0.1, -0.05) is 20.8 Å². The molecular weight excluding hydrogens is 208 g/mol. The van der Waals surface area contributed by atoms with Crippen LogP contribution in [0.1, 0.15) is 52.9 Å². The van der Waals surface area contributed by atoms with E-state index in [0.29, 0.717) is 5.41 Å². The fourth-order valence-electron chi connectivity index (χ4n) is 4.02. The molecule has 2 nitrogen and oxygen atoms in total. The normalized spacial score (nSPS) is 39.2. The Labute approximate surface area is 107 Å². The lowest BCUT2D eigenvalue weighted by molar-refractivity contribution is 0.0401. The first-order chi connectivity index (χ1) is 8.02. The molecule has 1 saturated heterocycles. The maximum absolute atomic E-state index is 3.46. The molecule has 0 radical (unpaired) electrons. The maximum Gasteiger partial charge on any atom is 0.0192 e. The van der Waals surface area contributed by atoms with Crippen molar-refractivity contribution in [3.8, 4) is 0 Å². The molecule has 2 heteroatoms. The van der Waals surface area contributed by atoms with Crippen LogP contribution >= 0.6 is 0 Å². The lowest BCUT2D eigenvalue weighted by Gasteiger charge is -2.47. The second-order valence-corrected chi connectivity index (χ2v) is 7.07. The van der Waals surface area contributed by atoms with E-state index in [0.717, 1.165) is 18.0 Å². The Morgan fingerprint density at radius 1 is 1.24 bits per heavy atom. The van der Waals surface area contributed by atoms with Crippen LogP contribution in [0.3, 0.4) is 0 Å². The van der Waals surface area contributed by atoms with Crippen LogP contribution in [-0.2, 0) is 0 Å². The molecule has 0 aromatic carbocycles. The van der Waals surface area contributed by atoms with Crippen molar-refractivity contribution in [1.29, 1.82) is 0 Å². The summed E-state index contributed by atoms with van der Waals surface area (Å²) >= 11 is 0. The predicted molar refractivity (Wildman–Crippen MR) is 74.2 cm³/mol. The number of piperidine rings is 1. The first-order valence-corrected chi connectivity index (χ1v) is 7.43. The summed E-state index contributed by atoms with van der Waals surface area (Å²) in [4.78, 5) is 2.77. The Morgan fingerprint density at radius 2 is 2.00 bits per heavy atom. The second kappa shape index (κ2) is 5.27. The van der Waals surface area contributed by atoms with Gasteiger partial charge in [-0.25, -0.2) is 0 Å². The summed E-state index contributed by atoms with van der Waals surface area (Å²) in [5, 5.41) is 3.46. The van der Waals surface area contributed by atoms with Crippen molar-refractivity contribution >= 4 is 0 Å². The SMILES string of the molecule is CNC1CCCN(C2CCC(C)(C)CC2C)C1. The van der Waals surface area contributed by atoms with Crippen LogP contribution in [0.2, 0.25) is 0 Å².